The highest BCUT2D eigenvalue weighted by Crippen LogP contribution is 2.19. The highest BCUT2D eigenvalue weighted by Gasteiger charge is 2.27. The number of nitrogens with zero attached hydrogens (tertiary/aromatic N) is 4. The first-order chi connectivity index (χ1) is 12.5. The summed E-state index contributed by atoms with van der Waals surface area (Å²) in [6.07, 6.45) is 0. The summed E-state index contributed by atoms with van der Waals surface area (Å²) in [5.74, 6) is 1.49. The summed E-state index contributed by atoms with van der Waals surface area (Å²) < 4.78 is 26.8. The standard InChI is InChI=1S/C17H22ClN5O2S/c1-2-19-16-7-8-17(21-20-16)22-9-11-23(12-10-22)26(24,25)13-14-3-5-15(18)6-4-14/h3-8H,2,9-13H2,1H3,(H,19,20). The number of rotatable bonds is 6. The number of hydrogen-bond donors (Lipinski definition) is 1. The fourth-order valence-corrected chi connectivity index (χ4v) is 4.49. The molecule has 1 aromatic heterocycles. The Morgan fingerprint density at radius 2 is 1.73 bits per heavy atom. The Morgan fingerprint density at radius 1 is 1.04 bits per heavy atom. The number of benzene rings is 1. The summed E-state index contributed by atoms with van der Waals surface area (Å²) in [6.45, 7) is 4.85. The lowest BCUT2D eigenvalue weighted by molar-refractivity contribution is 0.383. The number of hydrogen-bond acceptors (Lipinski definition) is 6. The van der Waals surface area contributed by atoms with Crippen molar-refractivity contribution in [2.75, 3.05) is 42.9 Å². The van der Waals surface area contributed by atoms with Gasteiger partial charge in [0.2, 0.25) is 10.0 Å². The summed E-state index contributed by atoms with van der Waals surface area (Å²) in [5.41, 5.74) is 0.738. The lowest BCUT2D eigenvalue weighted by atomic mass is 10.2. The molecular weight excluding hydrogens is 374 g/mol. The largest absolute Gasteiger partial charge is 0.369 e. The Labute approximate surface area is 159 Å². The third-order valence-electron chi connectivity index (χ3n) is 4.23. The zero-order valence-electron chi connectivity index (χ0n) is 14.6. The molecule has 140 valence electrons. The van der Waals surface area contributed by atoms with Crippen LogP contribution in [0.25, 0.3) is 0 Å². The predicted octanol–water partition coefficient (Wildman–Crippen LogP) is 2.21. The zero-order valence-corrected chi connectivity index (χ0v) is 16.2. The lowest BCUT2D eigenvalue weighted by Crippen LogP contribution is -2.49. The molecule has 1 aliphatic rings. The van der Waals surface area contributed by atoms with Crippen molar-refractivity contribution in [3.63, 3.8) is 0 Å². The van der Waals surface area contributed by atoms with Crippen LogP contribution in [0.1, 0.15) is 12.5 Å². The highest BCUT2D eigenvalue weighted by molar-refractivity contribution is 7.88. The van der Waals surface area contributed by atoms with Crippen molar-refractivity contribution < 1.29 is 8.42 Å². The molecular formula is C17H22ClN5O2S. The maximum absolute atomic E-state index is 12.6. The Hall–Kier alpha value is -1.90. The van der Waals surface area contributed by atoms with E-state index in [4.69, 9.17) is 11.6 Å². The van der Waals surface area contributed by atoms with Crippen LogP contribution in [0.4, 0.5) is 11.6 Å². The van der Waals surface area contributed by atoms with Crippen molar-refractivity contribution in [1.82, 2.24) is 14.5 Å². The second kappa shape index (κ2) is 8.20. The number of halogens is 1. The third-order valence-corrected chi connectivity index (χ3v) is 6.33. The van der Waals surface area contributed by atoms with E-state index in [1.807, 2.05) is 19.1 Å². The van der Waals surface area contributed by atoms with Crippen LogP contribution in [0.3, 0.4) is 0 Å². The van der Waals surface area contributed by atoms with Gasteiger partial charge in [-0.1, -0.05) is 23.7 Å². The summed E-state index contributed by atoms with van der Waals surface area (Å²) in [6, 6.07) is 10.7. The molecule has 1 aliphatic heterocycles. The topological polar surface area (TPSA) is 78.4 Å². The van der Waals surface area contributed by atoms with Gasteiger partial charge in [0.05, 0.1) is 5.75 Å². The molecule has 7 nitrogen and oxygen atoms in total. The van der Waals surface area contributed by atoms with Crippen molar-refractivity contribution in [2.24, 2.45) is 0 Å². The van der Waals surface area contributed by atoms with Crippen LogP contribution < -0.4 is 10.2 Å². The van der Waals surface area contributed by atoms with E-state index in [9.17, 15) is 8.42 Å². The van der Waals surface area contributed by atoms with Crippen LogP contribution in [-0.4, -0.2) is 55.6 Å². The average Bonchev–Trinajstić information content (AvgIpc) is 2.65. The number of anilines is 2. The molecule has 1 saturated heterocycles. The Bertz CT molecular complexity index is 819. The summed E-state index contributed by atoms with van der Waals surface area (Å²) in [4.78, 5) is 2.05. The van der Waals surface area contributed by atoms with Gasteiger partial charge in [-0.2, -0.15) is 4.31 Å². The third kappa shape index (κ3) is 4.63. The first-order valence-corrected chi connectivity index (χ1v) is 10.5. The Kier molecular flexibility index (Phi) is 5.95. The van der Waals surface area contributed by atoms with Crippen molar-refractivity contribution in [3.05, 3.63) is 47.0 Å². The quantitative estimate of drug-likeness (QED) is 0.807. The van der Waals surface area contributed by atoms with E-state index in [1.54, 1.807) is 28.6 Å². The molecule has 1 aromatic carbocycles. The van der Waals surface area contributed by atoms with E-state index >= 15 is 0 Å². The predicted molar refractivity (Wildman–Crippen MR) is 104 cm³/mol. The van der Waals surface area contributed by atoms with Gasteiger partial charge < -0.3 is 10.2 Å². The van der Waals surface area contributed by atoms with Crippen LogP contribution in [0.2, 0.25) is 5.02 Å². The van der Waals surface area contributed by atoms with Gasteiger partial charge in [-0.05, 0) is 36.8 Å². The maximum atomic E-state index is 12.6. The van der Waals surface area contributed by atoms with Gasteiger partial charge in [0.1, 0.15) is 5.82 Å². The number of nitrogens with one attached hydrogen (secondary N) is 1. The van der Waals surface area contributed by atoms with Crippen molar-refractivity contribution in [2.45, 2.75) is 12.7 Å². The molecule has 0 amide bonds. The Balaban J connectivity index is 1.59. The molecule has 9 heteroatoms. The molecule has 26 heavy (non-hydrogen) atoms. The van der Waals surface area contributed by atoms with Crippen LogP contribution >= 0.6 is 11.6 Å². The van der Waals surface area contributed by atoms with Gasteiger partial charge in [0.15, 0.2) is 5.82 Å². The van der Waals surface area contributed by atoms with Crippen molar-refractivity contribution in [3.8, 4) is 0 Å². The van der Waals surface area contributed by atoms with Crippen molar-refractivity contribution in [1.29, 1.82) is 0 Å². The number of aromatic nitrogens is 2. The minimum atomic E-state index is -3.35. The second-order valence-electron chi connectivity index (χ2n) is 6.08. The minimum absolute atomic E-state index is 0.0125. The monoisotopic (exact) mass is 395 g/mol. The van der Waals surface area contributed by atoms with E-state index in [-0.39, 0.29) is 5.75 Å². The molecule has 0 aliphatic carbocycles. The molecule has 0 bridgehead atoms. The van der Waals surface area contributed by atoms with E-state index in [1.165, 1.54) is 0 Å². The van der Waals surface area contributed by atoms with Gasteiger partial charge in [-0.3, -0.25) is 0 Å². The fourth-order valence-electron chi connectivity index (χ4n) is 2.85. The summed E-state index contributed by atoms with van der Waals surface area (Å²) in [5, 5.41) is 12.0. The zero-order chi connectivity index (χ0) is 18.6. The molecule has 0 spiro atoms. The highest BCUT2D eigenvalue weighted by atomic mass is 35.5. The number of piperazine rings is 1. The molecule has 2 aromatic rings. The normalized spacial score (nSPS) is 15.8. The lowest BCUT2D eigenvalue weighted by Gasteiger charge is -2.34. The van der Waals surface area contributed by atoms with Crippen LogP contribution in [0.15, 0.2) is 36.4 Å². The van der Waals surface area contributed by atoms with Gasteiger partial charge in [0.25, 0.3) is 0 Å². The molecule has 1 fully saturated rings. The van der Waals surface area contributed by atoms with E-state index < -0.39 is 10.0 Å². The molecule has 0 atom stereocenters. The first-order valence-electron chi connectivity index (χ1n) is 8.53. The van der Waals surface area contributed by atoms with Crippen molar-refractivity contribution >= 4 is 33.3 Å². The molecule has 3 rings (SSSR count). The molecule has 0 radical (unpaired) electrons. The van der Waals surface area contributed by atoms with Gasteiger partial charge >= 0.3 is 0 Å². The smallest absolute Gasteiger partial charge is 0.218 e. The maximum Gasteiger partial charge on any atom is 0.218 e. The SMILES string of the molecule is CCNc1ccc(N2CCN(S(=O)(=O)Cc3ccc(Cl)cc3)CC2)nn1. The van der Waals surface area contributed by atoms with Gasteiger partial charge in [-0.25, -0.2) is 8.42 Å². The van der Waals surface area contributed by atoms with Crippen LogP contribution in [-0.2, 0) is 15.8 Å². The van der Waals surface area contributed by atoms with E-state index in [0.717, 1.165) is 23.7 Å². The van der Waals surface area contributed by atoms with Crippen LogP contribution in [0, 0.1) is 0 Å². The first kappa shape index (κ1) is 18.9. The van der Waals surface area contributed by atoms with Gasteiger partial charge in [-0.15, -0.1) is 10.2 Å². The molecule has 0 saturated carbocycles. The summed E-state index contributed by atoms with van der Waals surface area (Å²) >= 11 is 5.85. The minimum Gasteiger partial charge on any atom is -0.369 e. The van der Waals surface area contributed by atoms with E-state index in [0.29, 0.717) is 31.2 Å². The fraction of sp³-hybridized carbons (Fsp3) is 0.412. The van der Waals surface area contributed by atoms with E-state index in [2.05, 4.69) is 20.4 Å². The molecule has 1 N–H and O–H groups in total. The molecule has 2 heterocycles. The molecule has 0 unspecified atom stereocenters. The second-order valence-corrected chi connectivity index (χ2v) is 8.48. The average molecular weight is 396 g/mol. The van der Waals surface area contributed by atoms with Crippen LogP contribution in [0.5, 0.6) is 0 Å². The Morgan fingerprint density at radius 3 is 2.31 bits per heavy atom. The summed E-state index contributed by atoms with van der Waals surface area (Å²) in [7, 11) is -3.35. The van der Waals surface area contributed by atoms with Gasteiger partial charge in [0, 0.05) is 37.7 Å². The number of sulfonamides is 1.